The number of pyridine rings is 2. The Balaban J connectivity index is 1.66. The van der Waals surface area contributed by atoms with Crippen LogP contribution in [0.4, 0.5) is 0 Å². The highest BCUT2D eigenvalue weighted by atomic mass is 16.1. The molecule has 0 aliphatic heterocycles. The molecule has 130 valence electrons. The first kappa shape index (κ1) is 16.3. The molecule has 0 aliphatic rings. The van der Waals surface area contributed by atoms with E-state index in [2.05, 4.69) is 46.1 Å². The number of hydrogen-bond donors (Lipinski definition) is 1. The Morgan fingerprint density at radius 2 is 2.00 bits per heavy atom. The number of nitrogens with zero attached hydrogens (tertiary/aromatic N) is 3. The van der Waals surface area contributed by atoms with E-state index < -0.39 is 0 Å². The zero-order valence-electron chi connectivity index (χ0n) is 14.9. The Bertz CT molecular complexity index is 1100. The number of benzene rings is 1. The summed E-state index contributed by atoms with van der Waals surface area (Å²) >= 11 is 0. The van der Waals surface area contributed by atoms with Crippen LogP contribution in [-0.2, 0) is 6.54 Å². The molecule has 1 N–H and O–H groups in total. The highest BCUT2D eigenvalue weighted by Crippen LogP contribution is 2.30. The Morgan fingerprint density at radius 3 is 2.81 bits per heavy atom. The number of amides is 1. The van der Waals surface area contributed by atoms with Crippen molar-refractivity contribution in [1.82, 2.24) is 19.9 Å². The van der Waals surface area contributed by atoms with E-state index in [1.165, 1.54) is 16.3 Å². The molecular weight excluding hydrogens is 324 g/mol. The summed E-state index contributed by atoms with van der Waals surface area (Å²) in [6.45, 7) is 5.32. The van der Waals surface area contributed by atoms with Crippen molar-refractivity contribution < 1.29 is 4.79 Å². The Hall–Kier alpha value is -3.21. The van der Waals surface area contributed by atoms with Crippen LogP contribution in [0.3, 0.4) is 0 Å². The number of aromatic nitrogens is 3. The first-order valence-electron chi connectivity index (χ1n) is 8.68. The lowest BCUT2D eigenvalue weighted by molar-refractivity contribution is 0.0952. The van der Waals surface area contributed by atoms with Crippen LogP contribution in [0.25, 0.3) is 21.9 Å². The fraction of sp³-hybridized carbons (Fsp3) is 0.190. The predicted molar refractivity (Wildman–Crippen MR) is 103 cm³/mol. The van der Waals surface area contributed by atoms with Gasteiger partial charge in [-0.3, -0.25) is 9.78 Å². The van der Waals surface area contributed by atoms with Crippen LogP contribution in [0.15, 0.2) is 54.9 Å². The summed E-state index contributed by atoms with van der Waals surface area (Å²) in [7, 11) is 0. The van der Waals surface area contributed by atoms with Crippen molar-refractivity contribution in [1.29, 1.82) is 0 Å². The molecule has 1 aromatic carbocycles. The second-order valence-electron chi connectivity index (χ2n) is 6.45. The number of carbonyl (C=O) groups excluding carboxylic acids is 1. The van der Waals surface area contributed by atoms with E-state index in [0.29, 0.717) is 18.7 Å². The molecule has 0 atom stereocenters. The van der Waals surface area contributed by atoms with Crippen molar-refractivity contribution in [3.05, 3.63) is 71.7 Å². The molecule has 0 saturated carbocycles. The Morgan fingerprint density at radius 1 is 1.15 bits per heavy atom. The standard InChI is InChI=1S/C21H20N4O/c1-14-12-15(2)24-20-19(14)17-7-3-4-8-18(17)25(20)11-10-23-21(26)16-6-5-9-22-13-16/h3-9,12-13H,10-11H2,1-2H3,(H,23,26). The smallest absolute Gasteiger partial charge is 0.252 e. The Kier molecular flexibility index (Phi) is 4.13. The monoisotopic (exact) mass is 344 g/mol. The zero-order valence-corrected chi connectivity index (χ0v) is 14.9. The zero-order chi connectivity index (χ0) is 18.1. The second kappa shape index (κ2) is 6.59. The molecule has 5 nitrogen and oxygen atoms in total. The van der Waals surface area contributed by atoms with Gasteiger partial charge in [-0.25, -0.2) is 4.98 Å². The molecule has 0 unspecified atom stereocenters. The molecular formula is C21H20N4O. The van der Waals surface area contributed by atoms with Crippen molar-refractivity contribution >= 4 is 27.8 Å². The lowest BCUT2D eigenvalue weighted by Crippen LogP contribution is -2.27. The minimum Gasteiger partial charge on any atom is -0.350 e. The van der Waals surface area contributed by atoms with Crippen molar-refractivity contribution in [2.75, 3.05) is 6.54 Å². The van der Waals surface area contributed by atoms with E-state index in [4.69, 9.17) is 4.98 Å². The van der Waals surface area contributed by atoms with E-state index in [1.54, 1.807) is 24.5 Å². The third-order valence-corrected chi connectivity index (χ3v) is 4.59. The van der Waals surface area contributed by atoms with Gasteiger partial charge < -0.3 is 9.88 Å². The van der Waals surface area contributed by atoms with E-state index in [9.17, 15) is 4.79 Å². The van der Waals surface area contributed by atoms with E-state index in [1.807, 2.05) is 13.0 Å². The van der Waals surface area contributed by atoms with Gasteiger partial charge in [-0.2, -0.15) is 0 Å². The quantitative estimate of drug-likeness (QED) is 0.615. The van der Waals surface area contributed by atoms with Crippen LogP contribution in [-0.4, -0.2) is 27.0 Å². The predicted octanol–water partition coefficient (Wildman–Crippen LogP) is 3.63. The van der Waals surface area contributed by atoms with Crippen LogP contribution in [0.1, 0.15) is 21.6 Å². The molecule has 4 rings (SSSR count). The van der Waals surface area contributed by atoms with E-state index in [0.717, 1.165) is 16.9 Å². The Labute approximate surface area is 151 Å². The first-order chi connectivity index (χ1) is 12.6. The second-order valence-corrected chi connectivity index (χ2v) is 6.45. The van der Waals surface area contributed by atoms with Gasteiger partial charge in [0.25, 0.3) is 5.91 Å². The number of fused-ring (bicyclic) bond motifs is 3. The third-order valence-electron chi connectivity index (χ3n) is 4.59. The summed E-state index contributed by atoms with van der Waals surface area (Å²) < 4.78 is 2.19. The molecule has 3 aromatic heterocycles. The molecule has 0 fully saturated rings. The van der Waals surface area contributed by atoms with Crippen LogP contribution in [0, 0.1) is 13.8 Å². The summed E-state index contributed by atoms with van der Waals surface area (Å²) in [5, 5.41) is 5.35. The van der Waals surface area contributed by atoms with Gasteiger partial charge in [0, 0.05) is 41.9 Å². The fourth-order valence-corrected chi connectivity index (χ4v) is 3.49. The molecule has 3 heterocycles. The van der Waals surface area contributed by atoms with Gasteiger partial charge in [0.1, 0.15) is 5.65 Å². The van der Waals surface area contributed by atoms with Crippen molar-refractivity contribution in [3.8, 4) is 0 Å². The summed E-state index contributed by atoms with van der Waals surface area (Å²) in [5.74, 6) is -0.112. The molecule has 4 aromatic rings. The minimum atomic E-state index is -0.112. The highest BCUT2D eigenvalue weighted by molar-refractivity contribution is 6.08. The van der Waals surface area contributed by atoms with Crippen LogP contribution in [0.5, 0.6) is 0 Å². The largest absolute Gasteiger partial charge is 0.350 e. The minimum absolute atomic E-state index is 0.112. The number of rotatable bonds is 4. The first-order valence-corrected chi connectivity index (χ1v) is 8.68. The number of aryl methyl sites for hydroxylation is 2. The highest BCUT2D eigenvalue weighted by Gasteiger charge is 2.14. The lowest BCUT2D eigenvalue weighted by atomic mass is 10.1. The molecule has 0 saturated heterocycles. The maximum Gasteiger partial charge on any atom is 0.252 e. The molecule has 0 spiro atoms. The summed E-state index contributed by atoms with van der Waals surface area (Å²) in [5.41, 5.74) is 4.90. The van der Waals surface area contributed by atoms with E-state index in [-0.39, 0.29) is 5.91 Å². The van der Waals surface area contributed by atoms with Gasteiger partial charge in [0.2, 0.25) is 0 Å². The topological polar surface area (TPSA) is 59.8 Å². The van der Waals surface area contributed by atoms with Gasteiger partial charge in [0.05, 0.1) is 11.1 Å². The van der Waals surface area contributed by atoms with Crippen LogP contribution in [0.2, 0.25) is 0 Å². The summed E-state index contributed by atoms with van der Waals surface area (Å²) in [4.78, 5) is 21.0. The van der Waals surface area contributed by atoms with Crippen LogP contribution >= 0.6 is 0 Å². The number of hydrogen-bond acceptors (Lipinski definition) is 3. The maximum atomic E-state index is 12.2. The summed E-state index contributed by atoms with van der Waals surface area (Å²) in [6, 6.07) is 14.0. The molecule has 0 bridgehead atoms. The SMILES string of the molecule is Cc1cc(C)c2c3ccccc3n(CCNC(=O)c3cccnc3)c2n1. The molecule has 0 aliphatic carbocycles. The van der Waals surface area contributed by atoms with Gasteiger partial charge in [-0.05, 0) is 43.7 Å². The average Bonchev–Trinajstić information content (AvgIpc) is 2.96. The molecule has 1 amide bonds. The van der Waals surface area contributed by atoms with Crippen molar-refractivity contribution in [2.24, 2.45) is 0 Å². The lowest BCUT2D eigenvalue weighted by Gasteiger charge is -2.09. The fourth-order valence-electron chi connectivity index (χ4n) is 3.49. The average molecular weight is 344 g/mol. The van der Waals surface area contributed by atoms with Gasteiger partial charge in [0.15, 0.2) is 0 Å². The van der Waals surface area contributed by atoms with Gasteiger partial charge in [-0.15, -0.1) is 0 Å². The number of carbonyl (C=O) groups is 1. The number of nitrogens with one attached hydrogen (secondary N) is 1. The molecule has 5 heteroatoms. The van der Waals surface area contributed by atoms with Crippen molar-refractivity contribution in [2.45, 2.75) is 20.4 Å². The van der Waals surface area contributed by atoms with E-state index >= 15 is 0 Å². The van der Waals surface area contributed by atoms with Crippen LogP contribution < -0.4 is 5.32 Å². The van der Waals surface area contributed by atoms with Crippen molar-refractivity contribution in [3.63, 3.8) is 0 Å². The third kappa shape index (κ3) is 2.81. The van der Waals surface area contributed by atoms with Gasteiger partial charge in [-0.1, -0.05) is 18.2 Å². The summed E-state index contributed by atoms with van der Waals surface area (Å²) in [6.07, 6.45) is 3.23. The van der Waals surface area contributed by atoms with Gasteiger partial charge >= 0.3 is 0 Å². The number of para-hydroxylation sites is 1. The normalized spacial score (nSPS) is 11.2. The maximum absolute atomic E-state index is 12.2. The molecule has 26 heavy (non-hydrogen) atoms. The molecule has 0 radical (unpaired) electrons.